The van der Waals surface area contributed by atoms with Gasteiger partial charge in [-0.25, -0.2) is 4.39 Å². The molecule has 2 aliphatic heterocycles. The standard InChI is InChI=1S/C19H18ClFN2O/c20-15-7-2-5-13-11-23(16-8-3-9-22-16)18(19(24)17(13)15)12-4-1-6-14(21)10-12/h1-2,4-7,10,16,18,22H,3,8-9,11H2/t16?,18-/m0/s1. The Morgan fingerprint density at radius 1 is 1.21 bits per heavy atom. The molecule has 1 N–H and O–H groups in total. The molecule has 124 valence electrons. The van der Waals surface area contributed by atoms with Gasteiger partial charge in [-0.1, -0.05) is 35.9 Å². The van der Waals surface area contributed by atoms with E-state index < -0.39 is 6.04 Å². The van der Waals surface area contributed by atoms with Gasteiger partial charge in [-0.05, 0) is 48.7 Å². The van der Waals surface area contributed by atoms with Crippen molar-refractivity contribution in [2.45, 2.75) is 31.6 Å². The number of benzene rings is 2. The van der Waals surface area contributed by atoms with Gasteiger partial charge >= 0.3 is 0 Å². The predicted molar refractivity (Wildman–Crippen MR) is 91.5 cm³/mol. The zero-order valence-electron chi connectivity index (χ0n) is 13.1. The lowest BCUT2D eigenvalue weighted by Crippen LogP contribution is -2.48. The summed E-state index contributed by atoms with van der Waals surface area (Å²) in [6.45, 7) is 1.56. The quantitative estimate of drug-likeness (QED) is 0.896. The van der Waals surface area contributed by atoms with Crippen LogP contribution in [0.2, 0.25) is 5.02 Å². The zero-order chi connectivity index (χ0) is 16.7. The van der Waals surface area contributed by atoms with Gasteiger partial charge < -0.3 is 5.32 Å². The van der Waals surface area contributed by atoms with Crippen molar-refractivity contribution in [1.82, 2.24) is 10.2 Å². The Bertz CT molecular complexity index is 789. The first-order chi connectivity index (χ1) is 11.6. The fraction of sp³-hybridized carbons (Fsp3) is 0.316. The number of Topliss-reactive ketones (excluding diaryl/α,β-unsaturated/α-hetero) is 1. The number of nitrogens with zero attached hydrogens (tertiary/aromatic N) is 1. The average Bonchev–Trinajstić information content (AvgIpc) is 3.09. The molecule has 2 heterocycles. The zero-order valence-corrected chi connectivity index (χ0v) is 13.9. The minimum Gasteiger partial charge on any atom is -0.302 e. The van der Waals surface area contributed by atoms with Gasteiger partial charge in [0.15, 0.2) is 5.78 Å². The van der Waals surface area contributed by atoms with Crippen LogP contribution in [0, 0.1) is 5.82 Å². The second-order valence-electron chi connectivity index (χ2n) is 6.38. The monoisotopic (exact) mass is 344 g/mol. The molecule has 4 rings (SSSR count). The molecule has 0 spiro atoms. The van der Waals surface area contributed by atoms with Crippen molar-refractivity contribution in [2.75, 3.05) is 6.54 Å². The summed E-state index contributed by atoms with van der Waals surface area (Å²) in [4.78, 5) is 15.4. The van der Waals surface area contributed by atoms with E-state index in [1.807, 2.05) is 18.2 Å². The minimum atomic E-state index is -0.510. The fourth-order valence-corrected chi connectivity index (χ4v) is 4.10. The highest BCUT2D eigenvalue weighted by Gasteiger charge is 2.40. The summed E-state index contributed by atoms with van der Waals surface area (Å²) in [6.07, 6.45) is 2.18. The normalized spacial score (nSPS) is 24.2. The van der Waals surface area contributed by atoms with E-state index in [2.05, 4.69) is 10.2 Å². The Morgan fingerprint density at radius 3 is 2.79 bits per heavy atom. The third-order valence-electron chi connectivity index (χ3n) is 4.88. The molecular formula is C19H18ClFN2O. The van der Waals surface area contributed by atoms with Crippen LogP contribution in [-0.4, -0.2) is 23.4 Å². The van der Waals surface area contributed by atoms with E-state index >= 15 is 0 Å². The van der Waals surface area contributed by atoms with Crippen LogP contribution in [-0.2, 0) is 6.54 Å². The largest absolute Gasteiger partial charge is 0.302 e. The SMILES string of the molecule is O=C1c2c(Cl)cccc2CN(C2CCCN2)[C@H]1c1cccc(F)c1. The number of carbonyl (C=O) groups is 1. The van der Waals surface area contributed by atoms with Crippen molar-refractivity contribution < 1.29 is 9.18 Å². The highest BCUT2D eigenvalue weighted by molar-refractivity contribution is 6.34. The maximum Gasteiger partial charge on any atom is 0.186 e. The predicted octanol–water partition coefficient (Wildman–Crippen LogP) is 3.93. The van der Waals surface area contributed by atoms with Gasteiger partial charge in [0.1, 0.15) is 11.9 Å². The fourth-order valence-electron chi connectivity index (χ4n) is 3.81. The van der Waals surface area contributed by atoms with Crippen LogP contribution in [0.5, 0.6) is 0 Å². The van der Waals surface area contributed by atoms with E-state index in [9.17, 15) is 9.18 Å². The van der Waals surface area contributed by atoms with Crippen molar-refractivity contribution >= 4 is 17.4 Å². The van der Waals surface area contributed by atoms with Crippen molar-refractivity contribution in [1.29, 1.82) is 0 Å². The number of hydrogen-bond acceptors (Lipinski definition) is 3. The van der Waals surface area contributed by atoms with Gasteiger partial charge in [0, 0.05) is 12.1 Å². The van der Waals surface area contributed by atoms with Crippen LogP contribution in [0.25, 0.3) is 0 Å². The molecule has 0 saturated carbocycles. The summed E-state index contributed by atoms with van der Waals surface area (Å²) in [6, 6.07) is 11.4. The lowest BCUT2D eigenvalue weighted by Gasteiger charge is -2.40. The molecule has 2 aromatic carbocycles. The summed E-state index contributed by atoms with van der Waals surface area (Å²) in [5, 5.41) is 3.92. The molecule has 1 saturated heterocycles. The molecule has 5 heteroatoms. The molecule has 2 atom stereocenters. The van der Waals surface area contributed by atoms with Crippen molar-refractivity contribution in [3.8, 4) is 0 Å². The highest BCUT2D eigenvalue weighted by atomic mass is 35.5. The van der Waals surface area contributed by atoms with Crippen molar-refractivity contribution in [3.05, 3.63) is 70.0 Å². The van der Waals surface area contributed by atoms with E-state index in [1.165, 1.54) is 12.1 Å². The minimum absolute atomic E-state index is 0.0545. The molecule has 0 radical (unpaired) electrons. The molecule has 2 aromatic rings. The van der Waals surface area contributed by atoms with Gasteiger partial charge in [0.2, 0.25) is 0 Å². The maximum atomic E-state index is 13.8. The van der Waals surface area contributed by atoms with E-state index in [0.29, 0.717) is 22.7 Å². The molecule has 0 amide bonds. The van der Waals surface area contributed by atoms with Crippen LogP contribution < -0.4 is 5.32 Å². The van der Waals surface area contributed by atoms with E-state index in [0.717, 1.165) is 24.9 Å². The van der Waals surface area contributed by atoms with Gasteiger partial charge in [-0.3, -0.25) is 9.69 Å². The Kier molecular flexibility index (Phi) is 4.12. The van der Waals surface area contributed by atoms with E-state index in [-0.39, 0.29) is 17.8 Å². The number of fused-ring (bicyclic) bond motifs is 1. The molecule has 1 unspecified atom stereocenters. The van der Waals surface area contributed by atoms with Gasteiger partial charge in [0.05, 0.1) is 11.2 Å². The summed E-state index contributed by atoms with van der Waals surface area (Å²) < 4.78 is 13.8. The molecular weight excluding hydrogens is 327 g/mol. The third-order valence-corrected chi connectivity index (χ3v) is 5.19. The number of rotatable bonds is 2. The molecule has 2 aliphatic rings. The molecule has 3 nitrogen and oxygen atoms in total. The van der Waals surface area contributed by atoms with Crippen LogP contribution in [0.1, 0.15) is 40.4 Å². The van der Waals surface area contributed by atoms with Crippen molar-refractivity contribution in [3.63, 3.8) is 0 Å². The average molecular weight is 345 g/mol. The number of hydrogen-bond donors (Lipinski definition) is 1. The number of nitrogens with one attached hydrogen (secondary N) is 1. The van der Waals surface area contributed by atoms with Crippen LogP contribution in [0.15, 0.2) is 42.5 Å². The summed E-state index contributed by atoms with van der Waals surface area (Å²) in [5.74, 6) is -0.384. The molecule has 1 fully saturated rings. The summed E-state index contributed by atoms with van der Waals surface area (Å²) in [7, 11) is 0. The molecule has 24 heavy (non-hydrogen) atoms. The summed E-state index contributed by atoms with van der Waals surface area (Å²) in [5.41, 5.74) is 2.19. The Hall–Kier alpha value is -1.75. The van der Waals surface area contributed by atoms with Gasteiger partial charge in [0.25, 0.3) is 0 Å². The van der Waals surface area contributed by atoms with Crippen molar-refractivity contribution in [2.24, 2.45) is 0 Å². The second kappa shape index (κ2) is 6.28. The first-order valence-electron chi connectivity index (χ1n) is 8.21. The molecule has 0 aliphatic carbocycles. The van der Waals surface area contributed by atoms with E-state index in [4.69, 9.17) is 11.6 Å². The Labute approximate surface area is 145 Å². The first kappa shape index (κ1) is 15.8. The van der Waals surface area contributed by atoms with Crippen LogP contribution in [0.3, 0.4) is 0 Å². The third kappa shape index (κ3) is 2.65. The topological polar surface area (TPSA) is 32.3 Å². The molecule has 0 bridgehead atoms. The number of ketones is 1. The summed E-state index contributed by atoms with van der Waals surface area (Å²) >= 11 is 6.30. The van der Waals surface area contributed by atoms with Crippen LogP contribution in [0.4, 0.5) is 4.39 Å². The van der Waals surface area contributed by atoms with Crippen LogP contribution >= 0.6 is 11.6 Å². The van der Waals surface area contributed by atoms with E-state index in [1.54, 1.807) is 12.1 Å². The van der Waals surface area contributed by atoms with Gasteiger partial charge in [-0.2, -0.15) is 0 Å². The number of halogens is 2. The Balaban J connectivity index is 1.83. The van der Waals surface area contributed by atoms with Gasteiger partial charge in [-0.15, -0.1) is 0 Å². The second-order valence-corrected chi connectivity index (χ2v) is 6.79. The maximum absolute atomic E-state index is 13.8. The first-order valence-corrected chi connectivity index (χ1v) is 8.59. The molecule has 0 aromatic heterocycles. The lowest BCUT2D eigenvalue weighted by atomic mass is 9.88. The highest BCUT2D eigenvalue weighted by Crippen LogP contribution is 2.38. The Morgan fingerprint density at radius 2 is 2.04 bits per heavy atom. The lowest BCUT2D eigenvalue weighted by molar-refractivity contribution is 0.0622. The smallest absolute Gasteiger partial charge is 0.186 e. The number of carbonyl (C=O) groups excluding carboxylic acids is 1.